The number of nitrogens with zero attached hydrogens (tertiary/aromatic N) is 2. The summed E-state index contributed by atoms with van der Waals surface area (Å²) in [7, 11) is -3.94. The monoisotopic (exact) mass is 549 g/mol. The Morgan fingerprint density at radius 2 is 1.63 bits per heavy atom. The number of hydrogen-bond acceptors (Lipinski definition) is 4. The number of halogens is 2. The number of hydrogen-bond donors (Lipinski definition) is 1. The Labute approximate surface area is 226 Å². The van der Waals surface area contributed by atoms with E-state index >= 15 is 0 Å². The molecule has 0 aliphatic heterocycles. The van der Waals surface area contributed by atoms with Crippen molar-refractivity contribution in [2.24, 2.45) is 5.92 Å². The van der Waals surface area contributed by atoms with Crippen LogP contribution in [0.1, 0.15) is 29.0 Å². The predicted molar refractivity (Wildman–Crippen MR) is 144 cm³/mol. The van der Waals surface area contributed by atoms with E-state index in [1.807, 2.05) is 12.1 Å². The molecule has 0 saturated heterocycles. The van der Waals surface area contributed by atoms with Crippen LogP contribution < -0.4 is 5.32 Å². The summed E-state index contributed by atoms with van der Waals surface area (Å²) in [6, 6.07) is 22.7. The van der Waals surface area contributed by atoms with Gasteiger partial charge in [0.15, 0.2) is 0 Å². The first-order chi connectivity index (χ1) is 18.3. The molecule has 1 aliphatic carbocycles. The normalized spacial score (nSPS) is 16.8. The summed E-state index contributed by atoms with van der Waals surface area (Å²) >= 11 is 6.12. The number of sulfonamides is 1. The van der Waals surface area contributed by atoms with Crippen LogP contribution in [0.5, 0.6) is 0 Å². The summed E-state index contributed by atoms with van der Waals surface area (Å²) in [5, 5.41) is 3.39. The molecule has 38 heavy (non-hydrogen) atoms. The highest BCUT2D eigenvalue weighted by molar-refractivity contribution is 7.89. The molecule has 1 aliphatic rings. The van der Waals surface area contributed by atoms with Crippen LogP contribution in [-0.4, -0.2) is 23.6 Å². The number of benzene rings is 3. The summed E-state index contributed by atoms with van der Waals surface area (Å²) in [5.74, 6) is -0.441. The molecule has 0 bridgehead atoms. The van der Waals surface area contributed by atoms with Crippen molar-refractivity contribution in [1.82, 2.24) is 9.29 Å². The van der Waals surface area contributed by atoms with Crippen molar-refractivity contribution in [3.63, 3.8) is 0 Å². The fourth-order valence-corrected chi connectivity index (χ4v) is 6.05. The number of carbonyl (C=O) groups excluding carboxylic acids is 1. The van der Waals surface area contributed by atoms with Crippen molar-refractivity contribution < 1.29 is 17.6 Å². The molecule has 9 heteroatoms. The minimum atomic E-state index is -3.94. The standard InChI is InChI=1S/C29H25ClFN3O3S/c30-23-3-1-2-21(16-23)19-34(18-20-4-6-24(31)7-5-20)38(36,37)26-10-8-25(9-11-26)33-29(35)28-17-27(28)22-12-14-32-15-13-22/h1-16,27-28H,17-19H2,(H,33,35). The molecule has 194 valence electrons. The molecule has 1 fully saturated rings. The van der Waals surface area contributed by atoms with E-state index in [-0.39, 0.29) is 35.7 Å². The largest absolute Gasteiger partial charge is 0.326 e. The van der Waals surface area contributed by atoms with Gasteiger partial charge >= 0.3 is 0 Å². The van der Waals surface area contributed by atoms with Crippen molar-refractivity contribution >= 4 is 33.2 Å². The third-order valence-corrected chi connectivity index (χ3v) is 8.58. The summed E-state index contributed by atoms with van der Waals surface area (Å²) in [6.45, 7) is 0.127. The Hall–Kier alpha value is -3.59. The van der Waals surface area contributed by atoms with Gasteiger partial charge in [0.05, 0.1) is 4.90 Å². The molecular formula is C29H25ClFN3O3S. The maximum Gasteiger partial charge on any atom is 0.243 e. The highest BCUT2D eigenvalue weighted by atomic mass is 35.5. The fraction of sp³-hybridized carbons (Fsp3) is 0.172. The average molecular weight is 550 g/mol. The lowest BCUT2D eigenvalue weighted by molar-refractivity contribution is -0.117. The minimum absolute atomic E-state index is 0.0473. The summed E-state index contributed by atoms with van der Waals surface area (Å²) < 4.78 is 42.1. The van der Waals surface area contributed by atoms with Crippen LogP contribution in [0.15, 0.2) is 102 Å². The number of aromatic nitrogens is 1. The summed E-state index contributed by atoms with van der Waals surface area (Å²) in [5.41, 5.74) is 2.98. The number of nitrogens with one attached hydrogen (secondary N) is 1. The van der Waals surface area contributed by atoms with Gasteiger partial charge < -0.3 is 5.32 Å². The molecule has 4 aromatic rings. The van der Waals surface area contributed by atoms with E-state index < -0.39 is 15.8 Å². The second kappa shape index (κ2) is 11.0. The SMILES string of the molecule is O=C(Nc1ccc(S(=O)(=O)N(Cc2ccc(F)cc2)Cc2cccc(Cl)c2)cc1)C1CC1c1ccncc1. The van der Waals surface area contributed by atoms with Crippen LogP contribution >= 0.6 is 11.6 Å². The van der Waals surface area contributed by atoms with Gasteiger partial charge in [0.1, 0.15) is 5.82 Å². The maximum absolute atomic E-state index is 13.7. The maximum atomic E-state index is 13.7. The van der Waals surface area contributed by atoms with Gasteiger partial charge in [0.2, 0.25) is 15.9 Å². The average Bonchev–Trinajstić information content (AvgIpc) is 3.72. The summed E-state index contributed by atoms with van der Waals surface area (Å²) in [6.07, 6.45) is 4.20. The Kier molecular flexibility index (Phi) is 7.56. The minimum Gasteiger partial charge on any atom is -0.326 e. The van der Waals surface area contributed by atoms with E-state index in [1.54, 1.807) is 60.9 Å². The number of anilines is 1. The van der Waals surface area contributed by atoms with Crippen LogP contribution in [-0.2, 0) is 27.9 Å². The van der Waals surface area contributed by atoms with Gasteiger partial charge in [-0.2, -0.15) is 4.31 Å². The first-order valence-electron chi connectivity index (χ1n) is 12.1. The second-order valence-electron chi connectivity index (χ2n) is 9.27. The number of rotatable bonds is 9. The summed E-state index contributed by atoms with van der Waals surface area (Å²) in [4.78, 5) is 16.8. The smallest absolute Gasteiger partial charge is 0.243 e. The van der Waals surface area contributed by atoms with Gasteiger partial charge in [-0.25, -0.2) is 12.8 Å². The lowest BCUT2D eigenvalue weighted by Gasteiger charge is -2.23. The van der Waals surface area contributed by atoms with Crippen LogP contribution in [0.4, 0.5) is 10.1 Å². The van der Waals surface area contributed by atoms with Crippen molar-refractivity contribution in [3.05, 3.63) is 125 Å². The van der Waals surface area contributed by atoms with E-state index in [2.05, 4.69) is 10.3 Å². The zero-order chi connectivity index (χ0) is 26.7. The molecule has 0 spiro atoms. The van der Waals surface area contributed by atoms with Crippen molar-refractivity contribution in [2.75, 3.05) is 5.32 Å². The molecular weight excluding hydrogens is 525 g/mol. The van der Waals surface area contributed by atoms with E-state index in [4.69, 9.17) is 11.6 Å². The molecule has 2 unspecified atom stereocenters. The molecule has 5 rings (SSSR count). The third kappa shape index (κ3) is 6.10. The predicted octanol–water partition coefficient (Wildman–Crippen LogP) is 6.01. The number of carbonyl (C=O) groups is 1. The molecule has 1 N–H and O–H groups in total. The second-order valence-corrected chi connectivity index (χ2v) is 11.6. The van der Waals surface area contributed by atoms with Gasteiger partial charge in [-0.1, -0.05) is 35.9 Å². The van der Waals surface area contributed by atoms with E-state index in [9.17, 15) is 17.6 Å². The molecule has 0 radical (unpaired) electrons. The topological polar surface area (TPSA) is 79.4 Å². The van der Waals surface area contributed by atoms with Crippen LogP contribution in [0, 0.1) is 11.7 Å². The van der Waals surface area contributed by atoms with E-state index in [1.165, 1.54) is 28.6 Å². The first kappa shape index (κ1) is 26.0. The number of pyridine rings is 1. The Bertz CT molecular complexity index is 1530. The zero-order valence-electron chi connectivity index (χ0n) is 20.3. The molecule has 1 amide bonds. The molecule has 2 atom stereocenters. The van der Waals surface area contributed by atoms with Gasteiger partial charge in [-0.15, -0.1) is 0 Å². The lowest BCUT2D eigenvalue weighted by atomic mass is 10.1. The molecule has 3 aromatic carbocycles. The van der Waals surface area contributed by atoms with Crippen molar-refractivity contribution in [1.29, 1.82) is 0 Å². The van der Waals surface area contributed by atoms with Crippen LogP contribution in [0.2, 0.25) is 5.02 Å². The van der Waals surface area contributed by atoms with Gasteiger partial charge in [0, 0.05) is 42.1 Å². The van der Waals surface area contributed by atoms with Gasteiger partial charge in [0.25, 0.3) is 0 Å². The third-order valence-electron chi connectivity index (χ3n) is 6.54. The Morgan fingerprint density at radius 1 is 0.947 bits per heavy atom. The molecule has 6 nitrogen and oxygen atoms in total. The van der Waals surface area contributed by atoms with Crippen LogP contribution in [0.3, 0.4) is 0 Å². The Morgan fingerprint density at radius 3 is 2.32 bits per heavy atom. The highest BCUT2D eigenvalue weighted by Crippen LogP contribution is 2.47. The van der Waals surface area contributed by atoms with E-state index in [0.29, 0.717) is 16.3 Å². The zero-order valence-corrected chi connectivity index (χ0v) is 21.9. The first-order valence-corrected chi connectivity index (χ1v) is 13.9. The van der Waals surface area contributed by atoms with E-state index in [0.717, 1.165) is 17.5 Å². The molecule has 1 heterocycles. The Balaban J connectivity index is 1.32. The lowest BCUT2D eigenvalue weighted by Crippen LogP contribution is -2.30. The molecule has 1 aromatic heterocycles. The highest BCUT2D eigenvalue weighted by Gasteiger charge is 2.43. The fourth-order valence-electron chi connectivity index (χ4n) is 4.42. The number of amides is 1. The quantitative estimate of drug-likeness (QED) is 0.277. The van der Waals surface area contributed by atoms with Gasteiger partial charge in [-0.3, -0.25) is 9.78 Å². The van der Waals surface area contributed by atoms with Crippen LogP contribution in [0.25, 0.3) is 0 Å². The van der Waals surface area contributed by atoms with Gasteiger partial charge in [-0.05, 0) is 89.7 Å². The van der Waals surface area contributed by atoms with Crippen molar-refractivity contribution in [2.45, 2.75) is 30.3 Å². The molecule has 1 saturated carbocycles. The van der Waals surface area contributed by atoms with Crippen molar-refractivity contribution in [3.8, 4) is 0 Å².